The van der Waals surface area contributed by atoms with E-state index in [-0.39, 0.29) is 11.1 Å². The number of carboxylic acids is 3. The van der Waals surface area contributed by atoms with Crippen LogP contribution < -0.4 is 5.19 Å². The van der Waals surface area contributed by atoms with Gasteiger partial charge in [-0.2, -0.15) is 0 Å². The van der Waals surface area contributed by atoms with Crippen molar-refractivity contribution in [2.24, 2.45) is 0 Å². The highest BCUT2D eigenvalue weighted by atomic mass is 28.3. The zero-order valence-corrected chi connectivity index (χ0v) is 11.7. The highest BCUT2D eigenvalue weighted by Crippen LogP contribution is 2.16. The molecule has 0 amide bonds. The van der Waals surface area contributed by atoms with Gasteiger partial charge in [0, 0.05) is 0 Å². The molecule has 19 heavy (non-hydrogen) atoms. The Labute approximate surface area is 110 Å². The number of benzene rings is 1. The second kappa shape index (κ2) is 4.85. The Kier molecular flexibility index (Phi) is 3.80. The van der Waals surface area contributed by atoms with Crippen molar-refractivity contribution < 1.29 is 29.7 Å². The van der Waals surface area contributed by atoms with Crippen LogP contribution in [0.1, 0.15) is 31.1 Å². The lowest BCUT2D eigenvalue weighted by molar-refractivity contribution is 0.0649. The Hall–Kier alpha value is -2.15. The summed E-state index contributed by atoms with van der Waals surface area (Å²) in [5.41, 5.74) is -1.02. The zero-order chi connectivity index (χ0) is 15.0. The molecule has 1 aromatic carbocycles. The fourth-order valence-electron chi connectivity index (χ4n) is 1.75. The van der Waals surface area contributed by atoms with E-state index in [0.717, 1.165) is 6.07 Å². The predicted octanol–water partition coefficient (Wildman–Crippen LogP) is 1.33. The molecular formula is C12H14O6Si. The van der Waals surface area contributed by atoms with E-state index in [1.165, 1.54) is 6.07 Å². The van der Waals surface area contributed by atoms with Crippen LogP contribution in [0.25, 0.3) is 0 Å². The van der Waals surface area contributed by atoms with E-state index < -0.39 is 31.5 Å². The summed E-state index contributed by atoms with van der Waals surface area (Å²) < 4.78 is 0. The highest BCUT2D eigenvalue weighted by molar-refractivity contribution is 6.89. The lowest BCUT2D eigenvalue weighted by Crippen LogP contribution is -2.42. The molecular weight excluding hydrogens is 268 g/mol. The largest absolute Gasteiger partial charge is 0.478 e. The van der Waals surface area contributed by atoms with Gasteiger partial charge in [0.25, 0.3) is 0 Å². The summed E-state index contributed by atoms with van der Waals surface area (Å²) >= 11 is 0. The average Bonchev–Trinajstić information content (AvgIpc) is 2.25. The van der Waals surface area contributed by atoms with Crippen molar-refractivity contribution in [3.8, 4) is 0 Å². The SMILES string of the molecule is C[Si](C)(C)c1cc(C(=O)O)c(C(=O)O)cc1C(=O)O. The molecule has 1 rings (SSSR count). The van der Waals surface area contributed by atoms with Gasteiger partial charge in [0.1, 0.15) is 0 Å². The number of rotatable bonds is 4. The van der Waals surface area contributed by atoms with Crippen LogP contribution in [-0.2, 0) is 0 Å². The Bertz CT molecular complexity index is 570. The monoisotopic (exact) mass is 282 g/mol. The van der Waals surface area contributed by atoms with Crippen LogP contribution in [0.2, 0.25) is 19.6 Å². The molecule has 1 aromatic rings. The molecule has 0 unspecified atom stereocenters. The Morgan fingerprint density at radius 2 is 1.16 bits per heavy atom. The molecule has 0 aliphatic heterocycles. The first-order valence-electron chi connectivity index (χ1n) is 5.44. The number of aromatic carboxylic acids is 3. The third-order valence-electron chi connectivity index (χ3n) is 2.66. The Morgan fingerprint density at radius 3 is 1.47 bits per heavy atom. The molecule has 0 aliphatic carbocycles. The normalized spacial score (nSPS) is 11.1. The van der Waals surface area contributed by atoms with Crippen LogP contribution in [0.4, 0.5) is 0 Å². The smallest absolute Gasteiger partial charge is 0.336 e. The molecule has 0 saturated heterocycles. The topological polar surface area (TPSA) is 112 Å². The van der Waals surface area contributed by atoms with Gasteiger partial charge < -0.3 is 15.3 Å². The molecule has 0 spiro atoms. The number of hydrogen-bond donors (Lipinski definition) is 3. The van der Waals surface area contributed by atoms with Crippen molar-refractivity contribution in [3.05, 3.63) is 28.8 Å². The second-order valence-corrected chi connectivity index (χ2v) is 10.1. The number of hydrogen-bond acceptors (Lipinski definition) is 3. The third kappa shape index (κ3) is 3.00. The number of carbonyl (C=O) groups is 3. The summed E-state index contributed by atoms with van der Waals surface area (Å²) in [5, 5.41) is 27.6. The molecule has 0 atom stereocenters. The summed E-state index contributed by atoms with van der Waals surface area (Å²) in [4.78, 5) is 33.3. The first-order valence-corrected chi connectivity index (χ1v) is 8.94. The second-order valence-electron chi connectivity index (χ2n) is 5.11. The quantitative estimate of drug-likeness (QED) is 0.718. The van der Waals surface area contributed by atoms with Gasteiger partial charge in [-0.05, 0) is 17.3 Å². The van der Waals surface area contributed by atoms with E-state index in [1.807, 2.05) is 19.6 Å². The maximum atomic E-state index is 11.2. The van der Waals surface area contributed by atoms with Gasteiger partial charge in [0.2, 0.25) is 0 Å². The summed E-state index contributed by atoms with van der Waals surface area (Å²) in [7, 11) is -2.11. The van der Waals surface area contributed by atoms with Crippen LogP contribution in [0, 0.1) is 0 Å². The van der Waals surface area contributed by atoms with Crippen molar-refractivity contribution >= 4 is 31.2 Å². The highest BCUT2D eigenvalue weighted by Gasteiger charge is 2.28. The van der Waals surface area contributed by atoms with Gasteiger partial charge in [-0.15, -0.1) is 0 Å². The van der Waals surface area contributed by atoms with Gasteiger partial charge in [0.05, 0.1) is 24.8 Å². The number of carboxylic acid groups (broad SMARTS) is 3. The molecule has 0 saturated carbocycles. The zero-order valence-electron chi connectivity index (χ0n) is 10.7. The van der Waals surface area contributed by atoms with E-state index >= 15 is 0 Å². The van der Waals surface area contributed by atoms with Gasteiger partial charge in [-0.3, -0.25) is 0 Å². The molecule has 0 radical (unpaired) electrons. The van der Waals surface area contributed by atoms with Gasteiger partial charge in [-0.1, -0.05) is 19.6 Å². The summed E-state index contributed by atoms with van der Waals surface area (Å²) in [6, 6.07) is 2.11. The van der Waals surface area contributed by atoms with Gasteiger partial charge in [-0.25, -0.2) is 14.4 Å². The van der Waals surface area contributed by atoms with E-state index in [9.17, 15) is 14.4 Å². The fraction of sp³-hybridized carbons (Fsp3) is 0.250. The fourth-order valence-corrected chi connectivity index (χ4v) is 3.32. The maximum absolute atomic E-state index is 11.2. The van der Waals surface area contributed by atoms with E-state index in [0.29, 0.717) is 5.19 Å². The molecule has 7 heteroatoms. The van der Waals surface area contributed by atoms with Crippen molar-refractivity contribution in [1.29, 1.82) is 0 Å². The standard InChI is InChI=1S/C12H14O6Si/c1-19(2,3)9-5-7(11(15)16)6(10(13)14)4-8(9)12(17)18/h4-5H,1-3H3,(H,13,14)(H,15,16)(H,17,18). The molecule has 0 bridgehead atoms. The first kappa shape index (κ1) is 14.9. The summed E-state index contributed by atoms with van der Waals surface area (Å²) in [6.45, 7) is 5.59. The summed E-state index contributed by atoms with van der Waals surface area (Å²) in [5.74, 6) is -4.09. The maximum Gasteiger partial charge on any atom is 0.336 e. The Balaban J connectivity index is 3.75. The van der Waals surface area contributed by atoms with Gasteiger partial charge in [0.15, 0.2) is 0 Å². The van der Waals surface area contributed by atoms with Crippen molar-refractivity contribution in [3.63, 3.8) is 0 Å². The predicted molar refractivity (Wildman–Crippen MR) is 70.3 cm³/mol. The van der Waals surface area contributed by atoms with Crippen molar-refractivity contribution in [2.45, 2.75) is 19.6 Å². The molecule has 6 nitrogen and oxygen atoms in total. The van der Waals surface area contributed by atoms with Crippen molar-refractivity contribution in [2.75, 3.05) is 0 Å². The molecule has 0 heterocycles. The van der Waals surface area contributed by atoms with Crippen LogP contribution >= 0.6 is 0 Å². The van der Waals surface area contributed by atoms with E-state index in [4.69, 9.17) is 15.3 Å². The lowest BCUT2D eigenvalue weighted by Gasteiger charge is -2.20. The molecule has 0 fully saturated rings. The van der Waals surface area contributed by atoms with E-state index in [1.54, 1.807) is 0 Å². The summed E-state index contributed by atoms with van der Waals surface area (Å²) in [6.07, 6.45) is 0. The first-order chi connectivity index (χ1) is 8.55. The third-order valence-corrected chi connectivity index (χ3v) is 4.69. The van der Waals surface area contributed by atoms with Crippen molar-refractivity contribution in [1.82, 2.24) is 0 Å². The molecule has 3 N–H and O–H groups in total. The average molecular weight is 282 g/mol. The Morgan fingerprint density at radius 1 is 0.789 bits per heavy atom. The minimum Gasteiger partial charge on any atom is -0.478 e. The van der Waals surface area contributed by atoms with Crippen LogP contribution in [0.5, 0.6) is 0 Å². The minimum atomic E-state index is -2.11. The lowest BCUT2D eigenvalue weighted by atomic mass is 10.0. The van der Waals surface area contributed by atoms with E-state index in [2.05, 4.69) is 0 Å². The molecule has 0 aromatic heterocycles. The van der Waals surface area contributed by atoms with Crippen LogP contribution in [-0.4, -0.2) is 41.3 Å². The van der Waals surface area contributed by atoms with Crippen LogP contribution in [0.3, 0.4) is 0 Å². The molecule has 102 valence electrons. The van der Waals surface area contributed by atoms with Crippen LogP contribution in [0.15, 0.2) is 12.1 Å². The van der Waals surface area contributed by atoms with Gasteiger partial charge >= 0.3 is 17.9 Å². The molecule has 0 aliphatic rings. The minimum absolute atomic E-state index is 0.137.